The molecule has 1 aliphatic heterocycles. The Balaban J connectivity index is 1.63. The van der Waals surface area contributed by atoms with Crippen LogP contribution in [-0.4, -0.2) is 31.4 Å². The van der Waals surface area contributed by atoms with Crippen LogP contribution < -0.4 is 10.6 Å². The molecular weight excluding hydrogens is 416 g/mol. The number of fused-ring (bicyclic) bond motifs is 1. The molecule has 1 aliphatic carbocycles. The highest BCUT2D eigenvalue weighted by atomic mass is 16.5. The summed E-state index contributed by atoms with van der Waals surface area (Å²) in [6.07, 6.45) is 8.92. The van der Waals surface area contributed by atoms with Gasteiger partial charge >= 0.3 is 0 Å². The summed E-state index contributed by atoms with van der Waals surface area (Å²) in [6, 6.07) is 9.58. The van der Waals surface area contributed by atoms with E-state index in [4.69, 9.17) is 4.52 Å². The maximum Gasteiger partial charge on any atom is 0.177 e. The molecule has 0 radical (unpaired) electrons. The van der Waals surface area contributed by atoms with Crippen LogP contribution >= 0.6 is 0 Å². The smallest absolute Gasteiger partial charge is 0.177 e. The van der Waals surface area contributed by atoms with Gasteiger partial charge in [0.05, 0.1) is 35.1 Å². The lowest BCUT2D eigenvalue weighted by Gasteiger charge is -2.29. The molecule has 4 heterocycles. The molecule has 0 amide bonds. The monoisotopic (exact) mass is 440 g/mol. The van der Waals surface area contributed by atoms with Crippen LogP contribution in [0.3, 0.4) is 0 Å². The van der Waals surface area contributed by atoms with E-state index in [0.29, 0.717) is 22.9 Å². The van der Waals surface area contributed by atoms with Gasteiger partial charge in [-0.3, -0.25) is 15.0 Å². The first-order valence-corrected chi connectivity index (χ1v) is 11.1. The van der Waals surface area contributed by atoms with Crippen molar-refractivity contribution < 1.29 is 9.63 Å². The Morgan fingerprint density at radius 3 is 2.55 bits per heavy atom. The minimum Gasteiger partial charge on any atom is -0.373 e. The van der Waals surface area contributed by atoms with E-state index in [1.807, 2.05) is 38.1 Å². The van der Waals surface area contributed by atoms with Crippen molar-refractivity contribution in [3.63, 3.8) is 0 Å². The molecular formula is C25H24N6O2. The summed E-state index contributed by atoms with van der Waals surface area (Å²) in [5, 5.41) is 23.8. The third-order valence-electron chi connectivity index (χ3n) is 6.52. The van der Waals surface area contributed by atoms with Crippen molar-refractivity contribution in [2.75, 3.05) is 10.6 Å². The number of aromatic nitrogens is 4. The van der Waals surface area contributed by atoms with Crippen molar-refractivity contribution in [3.05, 3.63) is 83.5 Å². The molecule has 0 saturated heterocycles. The Kier molecular flexibility index (Phi) is 4.45. The third kappa shape index (κ3) is 3.17. The molecule has 33 heavy (non-hydrogen) atoms. The molecule has 2 atom stereocenters. The summed E-state index contributed by atoms with van der Waals surface area (Å²) in [7, 11) is 0. The maximum atomic E-state index is 12.4. The van der Waals surface area contributed by atoms with Crippen LogP contribution in [-0.2, 0) is 5.60 Å². The quantitative estimate of drug-likeness (QED) is 0.427. The van der Waals surface area contributed by atoms with Crippen LogP contribution in [0.4, 0.5) is 11.4 Å². The molecule has 2 aliphatic rings. The Labute approximate surface area is 191 Å². The van der Waals surface area contributed by atoms with Crippen molar-refractivity contribution in [1.29, 1.82) is 0 Å². The predicted octanol–water partition coefficient (Wildman–Crippen LogP) is 4.00. The minimum atomic E-state index is -1.62. The fourth-order valence-electron chi connectivity index (χ4n) is 4.73. The SMILES string of the molecule is Cc1noc(C)c1-c1cc2c(c(C(O)(c3ccccn3)c3cnccn3)c1)NC(C1CC1)N2. The summed E-state index contributed by atoms with van der Waals surface area (Å²) < 4.78 is 5.45. The summed E-state index contributed by atoms with van der Waals surface area (Å²) >= 11 is 0. The lowest BCUT2D eigenvalue weighted by molar-refractivity contribution is 0.116. The number of aliphatic hydroxyl groups is 1. The molecule has 1 aromatic carbocycles. The van der Waals surface area contributed by atoms with E-state index in [1.165, 1.54) is 12.8 Å². The molecule has 1 saturated carbocycles. The van der Waals surface area contributed by atoms with Gasteiger partial charge in [0.15, 0.2) is 5.60 Å². The number of hydrogen-bond donors (Lipinski definition) is 3. The highest BCUT2D eigenvalue weighted by Gasteiger charge is 2.44. The number of hydrogen-bond acceptors (Lipinski definition) is 8. The number of pyridine rings is 1. The lowest BCUT2D eigenvalue weighted by Crippen LogP contribution is -2.32. The van der Waals surface area contributed by atoms with Crippen LogP contribution in [0.15, 0.2) is 59.6 Å². The van der Waals surface area contributed by atoms with E-state index in [2.05, 4.69) is 36.8 Å². The van der Waals surface area contributed by atoms with Gasteiger partial charge in [-0.05, 0) is 62.4 Å². The van der Waals surface area contributed by atoms with Crippen molar-refractivity contribution >= 4 is 11.4 Å². The first-order valence-electron chi connectivity index (χ1n) is 11.1. The summed E-state index contributed by atoms with van der Waals surface area (Å²) in [5.74, 6) is 1.29. The van der Waals surface area contributed by atoms with Crippen molar-refractivity contribution in [1.82, 2.24) is 20.1 Å². The molecule has 166 valence electrons. The van der Waals surface area contributed by atoms with Gasteiger partial charge in [0.2, 0.25) is 0 Å². The molecule has 3 N–H and O–H groups in total. The van der Waals surface area contributed by atoms with E-state index in [0.717, 1.165) is 34.0 Å². The summed E-state index contributed by atoms with van der Waals surface area (Å²) in [6.45, 7) is 3.82. The van der Waals surface area contributed by atoms with E-state index in [9.17, 15) is 5.11 Å². The number of aryl methyl sites for hydroxylation is 2. The lowest BCUT2D eigenvalue weighted by atomic mass is 9.83. The van der Waals surface area contributed by atoms with Gasteiger partial charge in [-0.2, -0.15) is 0 Å². The van der Waals surface area contributed by atoms with Crippen LogP contribution in [0.1, 0.15) is 41.2 Å². The number of anilines is 2. The van der Waals surface area contributed by atoms with E-state index >= 15 is 0 Å². The van der Waals surface area contributed by atoms with Crippen molar-refractivity contribution in [2.24, 2.45) is 5.92 Å². The Bertz CT molecular complexity index is 1260. The predicted molar refractivity (Wildman–Crippen MR) is 124 cm³/mol. The van der Waals surface area contributed by atoms with Crippen LogP contribution in [0.5, 0.6) is 0 Å². The van der Waals surface area contributed by atoms with Gasteiger partial charge in [0, 0.05) is 29.7 Å². The minimum absolute atomic E-state index is 0.119. The Hall–Kier alpha value is -3.78. The molecule has 6 rings (SSSR count). The third-order valence-corrected chi connectivity index (χ3v) is 6.52. The zero-order valence-corrected chi connectivity index (χ0v) is 18.4. The van der Waals surface area contributed by atoms with E-state index in [1.54, 1.807) is 24.8 Å². The highest BCUT2D eigenvalue weighted by Crippen LogP contribution is 2.49. The zero-order valence-electron chi connectivity index (χ0n) is 18.4. The standard InChI is InChI=1S/C25H24N6O2/c1-14-22(15(2)33-31-14)17-11-18(23-19(12-17)29-24(30-23)16-6-7-16)25(32,20-5-3-4-8-27-20)21-13-26-9-10-28-21/h3-5,8-13,16,24,29-30,32H,6-7H2,1-2H3. The molecule has 8 heteroatoms. The number of nitrogens with zero attached hydrogens (tertiary/aromatic N) is 4. The number of nitrogens with one attached hydrogen (secondary N) is 2. The van der Waals surface area contributed by atoms with Crippen LogP contribution in [0, 0.1) is 19.8 Å². The molecule has 1 fully saturated rings. The van der Waals surface area contributed by atoms with Crippen LogP contribution in [0.25, 0.3) is 11.1 Å². The summed E-state index contributed by atoms with van der Waals surface area (Å²) in [5.41, 5.74) is 4.30. The van der Waals surface area contributed by atoms with Gasteiger partial charge in [-0.1, -0.05) is 11.2 Å². The second-order valence-electron chi connectivity index (χ2n) is 8.77. The maximum absolute atomic E-state index is 12.4. The molecule has 8 nitrogen and oxygen atoms in total. The van der Waals surface area contributed by atoms with Gasteiger partial charge < -0.3 is 20.3 Å². The molecule has 4 aromatic rings. The second-order valence-corrected chi connectivity index (χ2v) is 8.77. The highest BCUT2D eigenvalue weighted by molar-refractivity contribution is 5.86. The number of benzene rings is 1. The van der Waals surface area contributed by atoms with Crippen molar-refractivity contribution in [2.45, 2.75) is 38.5 Å². The van der Waals surface area contributed by atoms with E-state index < -0.39 is 5.60 Å². The fraction of sp³-hybridized carbons (Fsp3) is 0.280. The van der Waals surface area contributed by atoms with Gasteiger partial charge in [-0.15, -0.1) is 0 Å². The molecule has 3 aromatic heterocycles. The van der Waals surface area contributed by atoms with Gasteiger partial charge in [-0.25, -0.2) is 0 Å². The van der Waals surface area contributed by atoms with Gasteiger partial charge in [0.25, 0.3) is 0 Å². The molecule has 0 spiro atoms. The Morgan fingerprint density at radius 1 is 1.03 bits per heavy atom. The van der Waals surface area contributed by atoms with Crippen molar-refractivity contribution in [3.8, 4) is 11.1 Å². The first kappa shape index (κ1) is 19.9. The fourth-order valence-corrected chi connectivity index (χ4v) is 4.73. The van der Waals surface area contributed by atoms with E-state index in [-0.39, 0.29) is 6.17 Å². The zero-order chi connectivity index (χ0) is 22.6. The second kappa shape index (κ2) is 7.38. The average molecular weight is 441 g/mol. The summed E-state index contributed by atoms with van der Waals surface area (Å²) in [4.78, 5) is 13.3. The number of rotatable bonds is 5. The average Bonchev–Trinajstić information content (AvgIpc) is 3.53. The normalized spacial score (nSPS) is 18.8. The Morgan fingerprint density at radius 2 is 1.88 bits per heavy atom. The molecule has 0 bridgehead atoms. The topological polar surface area (TPSA) is 109 Å². The van der Waals surface area contributed by atoms with Crippen LogP contribution in [0.2, 0.25) is 0 Å². The first-order chi connectivity index (χ1) is 16.1. The van der Waals surface area contributed by atoms with Gasteiger partial charge in [0.1, 0.15) is 11.5 Å². The molecule has 2 unspecified atom stereocenters. The largest absolute Gasteiger partial charge is 0.373 e.